The smallest absolute Gasteiger partial charge is 0.250 e. The molecule has 1 aromatic carbocycles. The molecule has 0 spiro atoms. The van der Waals surface area contributed by atoms with Crippen LogP contribution in [0.2, 0.25) is 0 Å². The molecule has 0 aliphatic carbocycles. The van der Waals surface area contributed by atoms with Crippen molar-refractivity contribution in [3.63, 3.8) is 0 Å². The van der Waals surface area contributed by atoms with Crippen LogP contribution in [0, 0.1) is 6.92 Å². The van der Waals surface area contributed by atoms with E-state index in [2.05, 4.69) is 36.3 Å². The van der Waals surface area contributed by atoms with Crippen molar-refractivity contribution in [3.05, 3.63) is 42.3 Å². The van der Waals surface area contributed by atoms with Gasteiger partial charge in [0.2, 0.25) is 11.9 Å². The Bertz CT molecular complexity index is 862. The summed E-state index contributed by atoms with van der Waals surface area (Å²) in [7, 11) is 0. The highest BCUT2D eigenvalue weighted by molar-refractivity contribution is 5.89. The second-order valence-electron chi connectivity index (χ2n) is 5.00. The highest BCUT2D eigenvalue weighted by Gasteiger charge is 2.05. The number of amides is 1. The average Bonchev–Trinajstić information content (AvgIpc) is 2.92. The quantitative estimate of drug-likeness (QED) is 0.655. The van der Waals surface area contributed by atoms with Crippen LogP contribution in [0.3, 0.4) is 0 Å². The Kier molecular flexibility index (Phi) is 4.32. The maximum Gasteiger partial charge on any atom is 0.250 e. The van der Waals surface area contributed by atoms with Crippen molar-refractivity contribution in [3.8, 4) is 0 Å². The highest BCUT2D eigenvalue weighted by Crippen LogP contribution is 2.19. The molecule has 0 saturated heterocycles. The summed E-state index contributed by atoms with van der Waals surface area (Å²) in [4.78, 5) is 15.4. The highest BCUT2D eigenvalue weighted by atomic mass is 16.5. The molecule has 0 atom stereocenters. The maximum atomic E-state index is 11.1. The number of hydrogen-bond acceptors (Lipinski definition) is 8. The van der Waals surface area contributed by atoms with Gasteiger partial charge in [-0.1, -0.05) is 11.2 Å². The summed E-state index contributed by atoms with van der Waals surface area (Å²) in [6, 6.07) is 8.98. The van der Waals surface area contributed by atoms with Gasteiger partial charge in [-0.05, 0) is 25.1 Å². The molecule has 3 rings (SSSR count). The normalized spacial score (nSPS) is 10.2. The van der Waals surface area contributed by atoms with Crippen LogP contribution in [0.4, 0.5) is 29.0 Å². The zero-order valence-electron chi connectivity index (χ0n) is 13.1. The van der Waals surface area contributed by atoms with E-state index in [-0.39, 0.29) is 11.9 Å². The molecule has 0 aliphatic heterocycles. The van der Waals surface area contributed by atoms with E-state index in [9.17, 15) is 4.79 Å². The standard InChI is InChI=1S/C15H15N7O2/c1-9-6-13(22-24-9)19-15-20-14(8-16-21-15)18-12-5-3-4-11(7-12)17-10(2)23/h3-8H,1-2H3,(H,17,23)(H2,18,19,20,21,22). The maximum absolute atomic E-state index is 11.1. The third kappa shape index (κ3) is 4.03. The van der Waals surface area contributed by atoms with Crippen molar-refractivity contribution >= 4 is 34.9 Å². The van der Waals surface area contributed by atoms with E-state index in [0.717, 1.165) is 5.69 Å². The fourth-order valence-electron chi connectivity index (χ4n) is 1.98. The van der Waals surface area contributed by atoms with Crippen LogP contribution >= 0.6 is 0 Å². The summed E-state index contributed by atoms with van der Waals surface area (Å²) in [6.45, 7) is 3.25. The topological polar surface area (TPSA) is 118 Å². The van der Waals surface area contributed by atoms with Crippen molar-refractivity contribution in [2.45, 2.75) is 13.8 Å². The lowest BCUT2D eigenvalue weighted by Crippen LogP contribution is -2.06. The minimum Gasteiger partial charge on any atom is -0.360 e. The van der Waals surface area contributed by atoms with Gasteiger partial charge in [0.25, 0.3) is 0 Å². The fraction of sp³-hybridized carbons (Fsp3) is 0.133. The van der Waals surface area contributed by atoms with Crippen LogP contribution in [0.25, 0.3) is 0 Å². The summed E-state index contributed by atoms with van der Waals surface area (Å²) in [5.74, 6) is 1.82. The lowest BCUT2D eigenvalue weighted by atomic mass is 10.2. The van der Waals surface area contributed by atoms with E-state index >= 15 is 0 Å². The molecular weight excluding hydrogens is 310 g/mol. The second kappa shape index (κ2) is 6.73. The van der Waals surface area contributed by atoms with Crippen molar-refractivity contribution < 1.29 is 9.32 Å². The molecule has 2 aromatic heterocycles. The number of nitrogens with one attached hydrogen (secondary N) is 3. The third-order valence-corrected chi connectivity index (χ3v) is 2.88. The number of benzene rings is 1. The number of nitrogens with zero attached hydrogens (tertiary/aromatic N) is 4. The molecule has 9 nitrogen and oxygen atoms in total. The molecule has 0 aliphatic rings. The molecule has 24 heavy (non-hydrogen) atoms. The van der Waals surface area contributed by atoms with Crippen LogP contribution in [0.5, 0.6) is 0 Å². The predicted octanol–water partition coefficient (Wildman–Crippen LogP) is 2.61. The molecular formula is C15H15N7O2. The molecule has 0 unspecified atom stereocenters. The number of aryl methyl sites for hydroxylation is 1. The fourth-order valence-corrected chi connectivity index (χ4v) is 1.98. The molecule has 0 fully saturated rings. The molecule has 2 heterocycles. The van der Waals surface area contributed by atoms with Crippen molar-refractivity contribution in [2.75, 3.05) is 16.0 Å². The summed E-state index contributed by atoms with van der Waals surface area (Å²) in [6.07, 6.45) is 1.49. The summed E-state index contributed by atoms with van der Waals surface area (Å²) in [5, 5.41) is 20.3. The first-order valence-electron chi connectivity index (χ1n) is 7.13. The van der Waals surface area contributed by atoms with Gasteiger partial charge in [0.1, 0.15) is 5.76 Å². The molecule has 0 saturated carbocycles. The van der Waals surface area contributed by atoms with E-state index in [1.807, 2.05) is 12.1 Å². The van der Waals surface area contributed by atoms with E-state index in [4.69, 9.17) is 4.52 Å². The summed E-state index contributed by atoms with van der Waals surface area (Å²) in [5.41, 5.74) is 1.44. The Balaban J connectivity index is 1.73. The zero-order valence-corrected chi connectivity index (χ0v) is 13.1. The number of carbonyl (C=O) groups is 1. The first-order chi connectivity index (χ1) is 11.6. The lowest BCUT2D eigenvalue weighted by molar-refractivity contribution is -0.114. The minimum absolute atomic E-state index is 0.134. The summed E-state index contributed by atoms with van der Waals surface area (Å²) >= 11 is 0. The number of aromatic nitrogens is 4. The van der Waals surface area contributed by atoms with Gasteiger partial charge >= 0.3 is 0 Å². The zero-order chi connectivity index (χ0) is 16.9. The van der Waals surface area contributed by atoms with Crippen LogP contribution < -0.4 is 16.0 Å². The number of hydrogen-bond donors (Lipinski definition) is 3. The number of carbonyl (C=O) groups excluding carboxylic acids is 1. The Morgan fingerprint density at radius 1 is 1.12 bits per heavy atom. The van der Waals surface area contributed by atoms with Crippen molar-refractivity contribution in [1.29, 1.82) is 0 Å². The molecule has 122 valence electrons. The summed E-state index contributed by atoms with van der Waals surface area (Å²) < 4.78 is 4.97. The second-order valence-corrected chi connectivity index (χ2v) is 5.00. The van der Waals surface area contributed by atoms with E-state index in [1.165, 1.54) is 13.1 Å². The molecule has 9 heteroatoms. The van der Waals surface area contributed by atoms with Gasteiger partial charge in [0.15, 0.2) is 11.6 Å². The predicted molar refractivity (Wildman–Crippen MR) is 88.4 cm³/mol. The van der Waals surface area contributed by atoms with Gasteiger partial charge < -0.3 is 20.5 Å². The first-order valence-corrected chi connectivity index (χ1v) is 7.13. The van der Waals surface area contributed by atoms with Crippen LogP contribution in [-0.4, -0.2) is 26.2 Å². The van der Waals surface area contributed by atoms with Crippen LogP contribution in [0.15, 0.2) is 41.1 Å². The van der Waals surface area contributed by atoms with Gasteiger partial charge in [-0.25, -0.2) is 0 Å². The van der Waals surface area contributed by atoms with Gasteiger partial charge in [-0.15, -0.1) is 5.10 Å². The van der Waals surface area contributed by atoms with E-state index in [1.54, 1.807) is 25.1 Å². The molecule has 1 amide bonds. The van der Waals surface area contributed by atoms with E-state index < -0.39 is 0 Å². The third-order valence-electron chi connectivity index (χ3n) is 2.88. The van der Waals surface area contributed by atoms with E-state index in [0.29, 0.717) is 23.1 Å². The van der Waals surface area contributed by atoms with Crippen molar-refractivity contribution in [2.24, 2.45) is 0 Å². The number of rotatable bonds is 5. The minimum atomic E-state index is -0.134. The average molecular weight is 325 g/mol. The van der Waals surface area contributed by atoms with Gasteiger partial charge in [0.05, 0.1) is 6.20 Å². The first kappa shape index (κ1) is 15.4. The van der Waals surface area contributed by atoms with Crippen LogP contribution in [0.1, 0.15) is 12.7 Å². The van der Waals surface area contributed by atoms with Crippen molar-refractivity contribution in [1.82, 2.24) is 20.3 Å². The number of anilines is 5. The molecule has 0 radical (unpaired) electrons. The van der Waals surface area contributed by atoms with Crippen LogP contribution in [-0.2, 0) is 4.79 Å². The monoisotopic (exact) mass is 325 g/mol. The Morgan fingerprint density at radius 2 is 1.96 bits per heavy atom. The Morgan fingerprint density at radius 3 is 2.71 bits per heavy atom. The lowest BCUT2D eigenvalue weighted by Gasteiger charge is -2.08. The van der Waals surface area contributed by atoms with Gasteiger partial charge in [-0.2, -0.15) is 10.1 Å². The molecule has 0 bridgehead atoms. The van der Waals surface area contributed by atoms with Gasteiger partial charge in [-0.3, -0.25) is 4.79 Å². The Hall–Kier alpha value is -3.49. The molecule has 3 N–H and O–H groups in total. The molecule has 3 aromatic rings. The largest absolute Gasteiger partial charge is 0.360 e. The SMILES string of the molecule is CC(=O)Nc1cccc(Nc2cnnc(Nc3cc(C)on3)n2)c1. The Labute approximate surface area is 137 Å². The van der Waals surface area contributed by atoms with Gasteiger partial charge in [0, 0.05) is 24.4 Å².